The molecule has 0 aliphatic rings. The predicted octanol–water partition coefficient (Wildman–Crippen LogP) is 3.76. The van der Waals surface area contributed by atoms with Crippen molar-refractivity contribution in [2.24, 2.45) is 0 Å². The standard InChI is InChI=1S/C17H25N3O/c1-10(2)18-9-11(3)16-12(4)19-17(20-13(16)5)15-7-8-21-14(15)6/h7-8,10-11,18H,9H2,1-6H3. The smallest absolute Gasteiger partial charge is 0.163 e. The second-order valence-corrected chi connectivity index (χ2v) is 5.99. The Balaban J connectivity index is 2.31. The number of furan rings is 1. The third-order valence-electron chi connectivity index (χ3n) is 3.75. The number of aromatic nitrogens is 2. The summed E-state index contributed by atoms with van der Waals surface area (Å²) in [6.07, 6.45) is 1.68. The molecule has 4 nitrogen and oxygen atoms in total. The number of nitrogens with zero attached hydrogens (tertiary/aromatic N) is 2. The van der Waals surface area contributed by atoms with Gasteiger partial charge in [-0.25, -0.2) is 9.97 Å². The van der Waals surface area contributed by atoms with Crippen molar-refractivity contribution in [1.82, 2.24) is 15.3 Å². The largest absolute Gasteiger partial charge is 0.469 e. The molecule has 0 aromatic carbocycles. The minimum atomic E-state index is 0.395. The second kappa shape index (κ2) is 6.39. The lowest BCUT2D eigenvalue weighted by molar-refractivity contribution is 0.534. The molecule has 2 aromatic rings. The van der Waals surface area contributed by atoms with Crippen LogP contribution in [0.5, 0.6) is 0 Å². The van der Waals surface area contributed by atoms with Crippen LogP contribution in [0, 0.1) is 20.8 Å². The number of hydrogen-bond donors (Lipinski definition) is 1. The van der Waals surface area contributed by atoms with Crippen LogP contribution in [0.25, 0.3) is 11.4 Å². The van der Waals surface area contributed by atoms with Gasteiger partial charge in [0, 0.05) is 24.0 Å². The molecule has 0 aliphatic carbocycles. The zero-order valence-corrected chi connectivity index (χ0v) is 13.8. The first kappa shape index (κ1) is 15.7. The lowest BCUT2D eigenvalue weighted by Gasteiger charge is -2.19. The van der Waals surface area contributed by atoms with Gasteiger partial charge in [0.2, 0.25) is 0 Å². The topological polar surface area (TPSA) is 51.0 Å². The molecule has 4 heteroatoms. The van der Waals surface area contributed by atoms with Gasteiger partial charge in [0.25, 0.3) is 0 Å². The molecule has 0 aliphatic heterocycles. The highest BCUT2D eigenvalue weighted by molar-refractivity contribution is 5.57. The van der Waals surface area contributed by atoms with E-state index in [9.17, 15) is 0 Å². The Hall–Kier alpha value is -1.68. The van der Waals surface area contributed by atoms with Crippen LogP contribution in [-0.4, -0.2) is 22.6 Å². The minimum Gasteiger partial charge on any atom is -0.469 e. The first-order valence-corrected chi connectivity index (χ1v) is 7.53. The maximum atomic E-state index is 5.35. The van der Waals surface area contributed by atoms with Crippen LogP contribution in [0.1, 0.15) is 49.4 Å². The van der Waals surface area contributed by atoms with Gasteiger partial charge in [-0.15, -0.1) is 0 Å². The molecule has 0 saturated carbocycles. The van der Waals surface area contributed by atoms with Crippen molar-refractivity contribution in [3.8, 4) is 11.4 Å². The summed E-state index contributed by atoms with van der Waals surface area (Å²) in [6, 6.07) is 2.41. The van der Waals surface area contributed by atoms with E-state index >= 15 is 0 Å². The Morgan fingerprint density at radius 1 is 1.10 bits per heavy atom. The van der Waals surface area contributed by atoms with Gasteiger partial charge in [-0.3, -0.25) is 0 Å². The van der Waals surface area contributed by atoms with Gasteiger partial charge >= 0.3 is 0 Å². The molecule has 114 valence electrons. The molecule has 1 unspecified atom stereocenters. The fraction of sp³-hybridized carbons (Fsp3) is 0.529. The van der Waals surface area contributed by atoms with Crippen LogP contribution in [-0.2, 0) is 0 Å². The Morgan fingerprint density at radius 3 is 2.19 bits per heavy atom. The lowest BCUT2D eigenvalue weighted by Crippen LogP contribution is -2.27. The van der Waals surface area contributed by atoms with E-state index in [-0.39, 0.29) is 0 Å². The number of rotatable bonds is 5. The van der Waals surface area contributed by atoms with Crippen molar-refractivity contribution in [2.45, 2.75) is 53.5 Å². The summed E-state index contributed by atoms with van der Waals surface area (Å²) < 4.78 is 5.35. The van der Waals surface area contributed by atoms with Gasteiger partial charge in [-0.05, 0) is 38.3 Å². The average Bonchev–Trinajstić information content (AvgIpc) is 2.81. The SMILES string of the molecule is Cc1nc(-c2ccoc2C)nc(C)c1C(C)CNC(C)C. The highest BCUT2D eigenvalue weighted by Gasteiger charge is 2.17. The summed E-state index contributed by atoms with van der Waals surface area (Å²) in [5, 5.41) is 3.48. The van der Waals surface area contributed by atoms with E-state index in [0.717, 1.165) is 35.1 Å². The number of aryl methyl sites for hydroxylation is 3. The molecule has 0 radical (unpaired) electrons. The van der Waals surface area contributed by atoms with E-state index < -0.39 is 0 Å². The van der Waals surface area contributed by atoms with Gasteiger partial charge in [-0.1, -0.05) is 20.8 Å². The van der Waals surface area contributed by atoms with Crippen molar-refractivity contribution in [3.63, 3.8) is 0 Å². The van der Waals surface area contributed by atoms with Crippen molar-refractivity contribution in [2.75, 3.05) is 6.54 Å². The van der Waals surface area contributed by atoms with Crippen LogP contribution in [0.15, 0.2) is 16.7 Å². The Labute approximate surface area is 127 Å². The van der Waals surface area contributed by atoms with Gasteiger partial charge in [0.05, 0.1) is 11.8 Å². The zero-order chi connectivity index (χ0) is 15.6. The molecule has 1 atom stereocenters. The Kier molecular flexibility index (Phi) is 4.78. The van der Waals surface area contributed by atoms with Gasteiger partial charge in [0.1, 0.15) is 5.76 Å². The van der Waals surface area contributed by atoms with Crippen LogP contribution in [0.3, 0.4) is 0 Å². The summed E-state index contributed by atoms with van der Waals surface area (Å²) in [5.41, 5.74) is 4.32. The van der Waals surface area contributed by atoms with Crippen LogP contribution in [0.4, 0.5) is 0 Å². The van der Waals surface area contributed by atoms with E-state index in [1.165, 1.54) is 5.56 Å². The average molecular weight is 287 g/mol. The summed E-state index contributed by atoms with van der Waals surface area (Å²) in [7, 11) is 0. The van der Waals surface area contributed by atoms with Crippen LogP contribution < -0.4 is 5.32 Å². The fourth-order valence-electron chi connectivity index (χ4n) is 2.69. The molecule has 2 aromatic heterocycles. The second-order valence-electron chi connectivity index (χ2n) is 5.99. The maximum Gasteiger partial charge on any atom is 0.163 e. The van der Waals surface area contributed by atoms with Crippen LogP contribution >= 0.6 is 0 Å². The summed E-state index contributed by atoms with van der Waals surface area (Å²) in [4.78, 5) is 9.37. The first-order valence-electron chi connectivity index (χ1n) is 7.53. The van der Waals surface area contributed by atoms with E-state index in [1.54, 1.807) is 6.26 Å². The first-order chi connectivity index (χ1) is 9.90. The molecule has 0 saturated heterocycles. The van der Waals surface area contributed by atoms with Crippen molar-refractivity contribution < 1.29 is 4.42 Å². The van der Waals surface area contributed by atoms with Gasteiger partial charge < -0.3 is 9.73 Å². The Bertz CT molecular complexity index is 593. The highest BCUT2D eigenvalue weighted by atomic mass is 16.3. The van der Waals surface area contributed by atoms with Crippen molar-refractivity contribution >= 4 is 0 Å². The number of nitrogens with one attached hydrogen (secondary N) is 1. The molecule has 0 bridgehead atoms. The van der Waals surface area contributed by atoms with Gasteiger partial charge in [-0.2, -0.15) is 0 Å². The molecule has 2 rings (SSSR count). The third kappa shape index (κ3) is 3.50. The summed E-state index contributed by atoms with van der Waals surface area (Å²) in [6.45, 7) is 13.5. The zero-order valence-electron chi connectivity index (χ0n) is 13.8. The normalized spacial score (nSPS) is 12.9. The predicted molar refractivity (Wildman–Crippen MR) is 85.5 cm³/mol. The monoisotopic (exact) mass is 287 g/mol. The molecule has 2 heterocycles. The van der Waals surface area contributed by atoms with Crippen molar-refractivity contribution in [1.29, 1.82) is 0 Å². The third-order valence-corrected chi connectivity index (χ3v) is 3.75. The van der Waals surface area contributed by atoms with Crippen LogP contribution in [0.2, 0.25) is 0 Å². The quantitative estimate of drug-likeness (QED) is 0.909. The molecular formula is C17H25N3O. The Morgan fingerprint density at radius 2 is 1.71 bits per heavy atom. The van der Waals surface area contributed by atoms with Gasteiger partial charge in [0.15, 0.2) is 5.82 Å². The summed E-state index contributed by atoms with van der Waals surface area (Å²) >= 11 is 0. The van der Waals surface area contributed by atoms with Crippen molar-refractivity contribution in [3.05, 3.63) is 35.0 Å². The fourth-order valence-corrected chi connectivity index (χ4v) is 2.69. The molecule has 21 heavy (non-hydrogen) atoms. The van der Waals surface area contributed by atoms with E-state index in [1.807, 2.05) is 13.0 Å². The van der Waals surface area contributed by atoms with E-state index in [2.05, 4.69) is 49.9 Å². The minimum absolute atomic E-state index is 0.395. The molecule has 1 N–H and O–H groups in total. The summed E-state index contributed by atoms with van der Waals surface area (Å²) in [5.74, 6) is 2.01. The number of hydrogen-bond acceptors (Lipinski definition) is 4. The molecule has 0 fully saturated rings. The molecule has 0 amide bonds. The molecular weight excluding hydrogens is 262 g/mol. The van der Waals surface area contributed by atoms with E-state index in [4.69, 9.17) is 4.42 Å². The highest BCUT2D eigenvalue weighted by Crippen LogP contribution is 2.26. The maximum absolute atomic E-state index is 5.35. The molecule has 0 spiro atoms. The lowest BCUT2D eigenvalue weighted by atomic mass is 9.97. The van der Waals surface area contributed by atoms with E-state index in [0.29, 0.717) is 12.0 Å².